The minimum Gasteiger partial charge on any atom is -0.458 e. The normalized spacial score (nSPS) is 24.2. The summed E-state index contributed by atoms with van der Waals surface area (Å²) >= 11 is 0. The van der Waals surface area contributed by atoms with Crippen LogP contribution in [0.4, 0.5) is 0 Å². The van der Waals surface area contributed by atoms with Gasteiger partial charge in [0.15, 0.2) is 0 Å². The van der Waals surface area contributed by atoms with Gasteiger partial charge in [0.05, 0.1) is 0 Å². The van der Waals surface area contributed by atoms with E-state index in [1.165, 1.54) is 6.08 Å². The second kappa shape index (κ2) is 4.13. The number of esters is 1. The van der Waals surface area contributed by atoms with Gasteiger partial charge < -0.3 is 10.1 Å². The maximum Gasteiger partial charge on any atom is 0.330 e. The van der Waals surface area contributed by atoms with E-state index in [-0.39, 0.29) is 12.1 Å². The lowest BCUT2D eigenvalue weighted by atomic mass is 10.1. The molecule has 62 valence electrons. The summed E-state index contributed by atoms with van der Waals surface area (Å²) < 4.78 is 5.02. The van der Waals surface area contributed by atoms with E-state index in [2.05, 4.69) is 11.9 Å². The van der Waals surface area contributed by atoms with Crippen LogP contribution in [0.5, 0.6) is 0 Å². The molecule has 3 nitrogen and oxygen atoms in total. The van der Waals surface area contributed by atoms with Crippen LogP contribution in [0.3, 0.4) is 0 Å². The van der Waals surface area contributed by atoms with Crippen molar-refractivity contribution < 1.29 is 9.53 Å². The van der Waals surface area contributed by atoms with Crippen LogP contribution in [0.2, 0.25) is 0 Å². The monoisotopic (exact) mass is 155 g/mol. The molecule has 1 rings (SSSR count). The van der Waals surface area contributed by atoms with Crippen molar-refractivity contribution in [3.63, 3.8) is 0 Å². The van der Waals surface area contributed by atoms with Gasteiger partial charge in [0.2, 0.25) is 0 Å². The molecule has 1 aliphatic heterocycles. The molecule has 0 saturated carbocycles. The third-order valence-corrected chi connectivity index (χ3v) is 1.70. The molecule has 0 spiro atoms. The van der Waals surface area contributed by atoms with Crippen LogP contribution in [0.25, 0.3) is 0 Å². The number of rotatable bonds is 2. The predicted octanol–water partition coefficient (Wildman–Crippen LogP) is 0.468. The van der Waals surface area contributed by atoms with E-state index in [1.807, 2.05) is 0 Å². The zero-order valence-electron chi connectivity index (χ0n) is 6.51. The van der Waals surface area contributed by atoms with Gasteiger partial charge in [-0.25, -0.2) is 4.79 Å². The first kappa shape index (κ1) is 8.27. The highest BCUT2D eigenvalue weighted by Crippen LogP contribution is 2.05. The molecule has 1 aliphatic rings. The van der Waals surface area contributed by atoms with Gasteiger partial charge in [0.1, 0.15) is 6.10 Å². The Bertz CT molecular complexity index is 150. The summed E-state index contributed by atoms with van der Waals surface area (Å²) in [5, 5.41) is 3.15. The Kier molecular flexibility index (Phi) is 3.11. The van der Waals surface area contributed by atoms with Crippen LogP contribution in [-0.4, -0.2) is 25.2 Å². The van der Waals surface area contributed by atoms with E-state index >= 15 is 0 Å². The van der Waals surface area contributed by atoms with Gasteiger partial charge in [-0.1, -0.05) is 6.58 Å². The molecular formula is C8H13NO2. The molecule has 0 aromatic carbocycles. The molecule has 0 bridgehead atoms. The first-order valence-corrected chi connectivity index (χ1v) is 3.86. The Morgan fingerprint density at radius 2 is 2.55 bits per heavy atom. The second-order valence-corrected chi connectivity index (χ2v) is 2.61. The van der Waals surface area contributed by atoms with E-state index in [9.17, 15) is 4.79 Å². The summed E-state index contributed by atoms with van der Waals surface area (Å²) in [6, 6.07) is 0. The Labute approximate surface area is 66.4 Å². The number of ether oxygens (including phenoxy) is 1. The maximum absolute atomic E-state index is 10.7. The van der Waals surface area contributed by atoms with Gasteiger partial charge in [-0.15, -0.1) is 0 Å². The number of hydrogen-bond acceptors (Lipinski definition) is 3. The number of carbonyl (C=O) groups is 1. The van der Waals surface area contributed by atoms with Crippen LogP contribution in [-0.2, 0) is 9.53 Å². The highest BCUT2D eigenvalue weighted by molar-refractivity contribution is 5.81. The molecule has 3 heteroatoms. The minimum absolute atomic E-state index is 0.0502. The lowest BCUT2D eigenvalue weighted by molar-refractivity contribution is -0.143. The minimum atomic E-state index is -0.321. The first-order valence-electron chi connectivity index (χ1n) is 3.86. The van der Waals surface area contributed by atoms with E-state index in [0.29, 0.717) is 0 Å². The van der Waals surface area contributed by atoms with Crippen molar-refractivity contribution >= 4 is 5.97 Å². The average molecular weight is 155 g/mol. The van der Waals surface area contributed by atoms with E-state index in [1.54, 1.807) is 0 Å². The van der Waals surface area contributed by atoms with Gasteiger partial charge in [-0.2, -0.15) is 0 Å². The molecule has 0 aromatic rings. The second-order valence-electron chi connectivity index (χ2n) is 2.61. The Balaban J connectivity index is 2.24. The topological polar surface area (TPSA) is 38.3 Å². The SMILES string of the molecule is C=CC(=O)OC1CCCNC1. The summed E-state index contributed by atoms with van der Waals surface area (Å²) in [6.07, 6.45) is 3.30. The highest BCUT2D eigenvalue weighted by Gasteiger charge is 2.15. The van der Waals surface area contributed by atoms with Gasteiger partial charge in [-0.05, 0) is 19.4 Å². The van der Waals surface area contributed by atoms with E-state index in [4.69, 9.17) is 4.74 Å². The number of hydrogen-bond donors (Lipinski definition) is 1. The summed E-state index contributed by atoms with van der Waals surface area (Å²) in [4.78, 5) is 10.7. The zero-order chi connectivity index (χ0) is 8.10. The van der Waals surface area contributed by atoms with Gasteiger partial charge in [0.25, 0.3) is 0 Å². The largest absolute Gasteiger partial charge is 0.458 e. The molecule has 0 aliphatic carbocycles. The molecule has 1 atom stereocenters. The lowest BCUT2D eigenvalue weighted by Crippen LogP contribution is -2.36. The Morgan fingerprint density at radius 1 is 1.73 bits per heavy atom. The number of nitrogens with one attached hydrogen (secondary N) is 1. The standard InChI is InChI=1S/C8H13NO2/c1-2-8(10)11-7-4-3-5-9-6-7/h2,7,9H,1,3-6H2. The molecule has 0 radical (unpaired) electrons. The average Bonchev–Trinajstić information content (AvgIpc) is 2.06. The number of piperidine rings is 1. The van der Waals surface area contributed by atoms with Gasteiger partial charge in [-0.3, -0.25) is 0 Å². The Morgan fingerprint density at radius 3 is 3.09 bits per heavy atom. The number of carbonyl (C=O) groups excluding carboxylic acids is 1. The van der Waals surface area contributed by atoms with Crippen LogP contribution >= 0.6 is 0 Å². The van der Waals surface area contributed by atoms with Crippen LogP contribution in [0.15, 0.2) is 12.7 Å². The molecule has 1 saturated heterocycles. The maximum atomic E-state index is 10.7. The summed E-state index contributed by atoms with van der Waals surface area (Å²) in [7, 11) is 0. The van der Waals surface area contributed by atoms with Crippen molar-refractivity contribution in [2.75, 3.05) is 13.1 Å². The molecule has 0 aromatic heterocycles. The lowest BCUT2D eigenvalue weighted by Gasteiger charge is -2.21. The quantitative estimate of drug-likeness (QED) is 0.465. The van der Waals surface area contributed by atoms with E-state index in [0.717, 1.165) is 25.9 Å². The fraction of sp³-hybridized carbons (Fsp3) is 0.625. The van der Waals surface area contributed by atoms with Gasteiger partial charge in [0, 0.05) is 12.6 Å². The zero-order valence-corrected chi connectivity index (χ0v) is 6.51. The highest BCUT2D eigenvalue weighted by atomic mass is 16.5. The summed E-state index contributed by atoms with van der Waals surface area (Å²) in [6.45, 7) is 5.14. The molecular weight excluding hydrogens is 142 g/mol. The van der Waals surface area contributed by atoms with Crippen LogP contribution < -0.4 is 5.32 Å². The first-order chi connectivity index (χ1) is 5.33. The van der Waals surface area contributed by atoms with Crippen molar-refractivity contribution in [3.8, 4) is 0 Å². The smallest absolute Gasteiger partial charge is 0.330 e. The van der Waals surface area contributed by atoms with Crippen molar-refractivity contribution in [2.24, 2.45) is 0 Å². The summed E-state index contributed by atoms with van der Waals surface area (Å²) in [5.74, 6) is -0.321. The molecule has 1 heterocycles. The van der Waals surface area contributed by atoms with Crippen LogP contribution in [0, 0.1) is 0 Å². The van der Waals surface area contributed by atoms with Crippen LogP contribution in [0.1, 0.15) is 12.8 Å². The molecule has 11 heavy (non-hydrogen) atoms. The molecule has 1 N–H and O–H groups in total. The molecule has 0 amide bonds. The van der Waals surface area contributed by atoms with E-state index < -0.39 is 0 Å². The van der Waals surface area contributed by atoms with Crippen molar-refractivity contribution in [3.05, 3.63) is 12.7 Å². The fourth-order valence-corrected chi connectivity index (χ4v) is 1.13. The fourth-order valence-electron chi connectivity index (χ4n) is 1.13. The Hall–Kier alpha value is -0.830. The third-order valence-electron chi connectivity index (χ3n) is 1.70. The molecule has 1 unspecified atom stereocenters. The third kappa shape index (κ3) is 2.72. The summed E-state index contributed by atoms with van der Waals surface area (Å²) in [5.41, 5.74) is 0. The van der Waals surface area contributed by atoms with Crippen molar-refractivity contribution in [1.82, 2.24) is 5.32 Å². The van der Waals surface area contributed by atoms with Crippen molar-refractivity contribution in [2.45, 2.75) is 18.9 Å². The predicted molar refractivity (Wildman–Crippen MR) is 42.2 cm³/mol. The van der Waals surface area contributed by atoms with Gasteiger partial charge >= 0.3 is 5.97 Å². The van der Waals surface area contributed by atoms with Crippen molar-refractivity contribution in [1.29, 1.82) is 0 Å². The molecule has 1 fully saturated rings.